The summed E-state index contributed by atoms with van der Waals surface area (Å²) in [5, 5.41) is 7.69. The van der Waals surface area contributed by atoms with E-state index in [4.69, 9.17) is 16.3 Å². The van der Waals surface area contributed by atoms with Gasteiger partial charge in [0, 0.05) is 35.6 Å². The minimum Gasteiger partial charge on any atom is -0.427 e. The first-order valence-corrected chi connectivity index (χ1v) is 13.3. The lowest BCUT2D eigenvalue weighted by Gasteiger charge is -2.29. The van der Waals surface area contributed by atoms with Crippen LogP contribution in [0.5, 0.6) is 5.75 Å². The highest BCUT2D eigenvalue weighted by molar-refractivity contribution is 6.35. The number of halogens is 1. The zero-order valence-corrected chi connectivity index (χ0v) is 22.0. The van der Waals surface area contributed by atoms with Gasteiger partial charge in [-0.3, -0.25) is 24.5 Å². The maximum atomic E-state index is 14.2. The molecule has 0 aliphatic carbocycles. The predicted octanol–water partition coefficient (Wildman–Crippen LogP) is 3.91. The molecular weight excluding hydrogens is 532 g/mol. The molecule has 3 aliphatic heterocycles. The molecule has 0 bridgehead atoms. The normalized spacial score (nSPS) is 25.0. The van der Waals surface area contributed by atoms with Crippen LogP contribution in [-0.2, 0) is 31.1 Å². The van der Waals surface area contributed by atoms with E-state index in [1.54, 1.807) is 30.3 Å². The van der Waals surface area contributed by atoms with Crippen molar-refractivity contribution in [2.24, 2.45) is 11.8 Å². The van der Waals surface area contributed by atoms with E-state index in [0.717, 1.165) is 21.4 Å². The lowest BCUT2D eigenvalue weighted by atomic mass is 9.76. The second kappa shape index (κ2) is 8.77. The molecule has 3 N–H and O–H groups in total. The molecule has 1 spiro atoms. The van der Waals surface area contributed by atoms with Crippen LogP contribution in [0.1, 0.15) is 18.1 Å². The number of esters is 1. The van der Waals surface area contributed by atoms with E-state index in [2.05, 4.69) is 15.6 Å². The summed E-state index contributed by atoms with van der Waals surface area (Å²) >= 11 is 6.45. The van der Waals surface area contributed by atoms with Crippen molar-refractivity contribution in [1.29, 1.82) is 0 Å². The SMILES string of the molecule is CC(=O)Oc1ccc(N2C(=O)[C@@H]3[C@@H](C2=O)[C@@]2(N[C@@H]3Cc3c[nH]c4ccccc34)C(=O)Nc3c(Cl)cccc32)cc1. The summed E-state index contributed by atoms with van der Waals surface area (Å²) in [6, 6.07) is 18.7. The molecule has 0 saturated carbocycles. The Kier molecular flexibility index (Phi) is 5.39. The summed E-state index contributed by atoms with van der Waals surface area (Å²) in [4.78, 5) is 57.8. The van der Waals surface area contributed by atoms with Gasteiger partial charge in [0.05, 0.1) is 28.2 Å². The predicted molar refractivity (Wildman–Crippen MR) is 148 cm³/mol. The molecular formula is C30H23ClN4O5. The monoisotopic (exact) mass is 554 g/mol. The molecule has 3 aliphatic rings. The summed E-state index contributed by atoms with van der Waals surface area (Å²) in [7, 11) is 0. The van der Waals surface area contributed by atoms with E-state index in [1.807, 2.05) is 30.5 Å². The maximum Gasteiger partial charge on any atom is 0.308 e. The van der Waals surface area contributed by atoms with Crippen molar-refractivity contribution >= 4 is 57.6 Å². The number of aromatic amines is 1. The average molecular weight is 555 g/mol. The second-order valence-electron chi connectivity index (χ2n) is 10.3. The summed E-state index contributed by atoms with van der Waals surface area (Å²) < 4.78 is 5.11. The van der Waals surface area contributed by atoms with Crippen LogP contribution in [-0.4, -0.2) is 34.7 Å². The van der Waals surface area contributed by atoms with Crippen molar-refractivity contribution in [3.8, 4) is 5.75 Å². The molecule has 0 unspecified atom stereocenters. The molecule has 3 amide bonds. The molecule has 1 aromatic heterocycles. The number of hydrogen-bond acceptors (Lipinski definition) is 6. The average Bonchev–Trinajstić information content (AvgIpc) is 3.64. The molecule has 40 heavy (non-hydrogen) atoms. The molecule has 2 fully saturated rings. The van der Waals surface area contributed by atoms with Gasteiger partial charge < -0.3 is 15.0 Å². The number of carbonyl (C=O) groups excluding carboxylic acids is 4. The van der Waals surface area contributed by atoms with Crippen molar-refractivity contribution in [2.75, 3.05) is 10.2 Å². The maximum absolute atomic E-state index is 14.2. The number of ether oxygens (including phenoxy) is 1. The van der Waals surface area contributed by atoms with Gasteiger partial charge in [-0.1, -0.05) is 41.9 Å². The number of nitrogens with zero attached hydrogens (tertiary/aromatic N) is 1. The first-order chi connectivity index (χ1) is 19.3. The Morgan fingerprint density at radius 2 is 1.77 bits per heavy atom. The summed E-state index contributed by atoms with van der Waals surface area (Å²) in [6.45, 7) is 1.29. The zero-order chi connectivity index (χ0) is 27.8. The number of carbonyl (C=O) groups is 4. The summed E-state index contributed by atoms with van der Waals surface area (Å²) in [5.41, 5.74) is 1.79. The number of hydrogen-bond donors (Lipinski definition) is 3. The van der Waals surface area contributed by atoms with Gasteiger partial charge in [-0.2, -0.15) is 0 Å². The molecule has 4 aromatic rings. The number of imide groups is 1. The lowest BCUT2D eigenvalue weighted by Crippen LogP contribution is -2.53. The minimum atomic E-state index is -1.47. The molecule has 4 atom stereocenters. The number of aromatic nitrogens is 1. The fourth-order valence-corrected chi connectivity index (χ4v) is 6.81. The Bertz CT molecular complexity index is 1750. The van der Waals surface area contributed by atoms with E-state index in [9.17, 15) is 19.2 Å². The Hall–Kier alpha value is -4.47. The van der Waals surface area contributed by atoms with E-state index in [-0.39, 0.29) is 0 Å². The fraction of sp³-hybridized carbons (Fsp3) is 0.200. The summed E-state index contributed by atoms with van der Waals surface area (Å²) in [6.07, 6.45) is 2.31. The second-order valence-corrected chi connectivity index (χ2v) is 10.7. The molecule has 10 heteroatoms. The number of fused-ring (bicyclic) bond motifs is 5. The third-order valence-corrected chi connectivity index (χ3v) is 8.49. The first kappa shape index (κ1) is 24.6. The van der Waals surface area contributed by atoms with Gasteiger partial charge in [-0.25, -0.2) is 4.90 Å². The van der Waals surface area contributed by atoms with Gasteiger partial charge in [0.1, 0.15) is 11.3 Å². The quantitative estimate of drug-likeness (QED) is 0.200. The topological polar surface area (TPSA) is 121 Å². The molecule has 7 rings (SSSR count). The van der Waals surface area contributed by atoms with Crippen molar-refractivity contribution in [3.05, 3.63) is 89.1 Å². The number of amides is 3. The number of para-hydroxylation sites is 2. The van der Waals surface area contributed by atoms with Crippen LogP contribution in [0.15, 0.2) is 72.9 Å². The van der Waals surface area contributed by atoms with Gasteiger partial charge in [-0.05, 0) is 48.4 Å². The van der Waals surface area contributed by atoms with Gasteiger partial charge in [0.15, 0.2) is 0 Å². The number of nitrogens with one attached hydrogen (secondary N) is 3. The van der Waals surface area contributed by atoms with Crippen LogP contribution < -0.4 is 20.3 Å². The van der Waals surface area contributed by atoms with Crippen LogP contribution in [0.2, 0.25) is 5.02 Å². The molecule has 200 valence electrons. The Labute approximate surface area is 233 Å². The van der Waals surface area contributed by atoms with Crippen LogP contribution >= 0.6 is 11.6 Å². The van der Waals surface area contributed by atoms with Crippen LogP contribution in [0.25, 0.3) is 10.9 Å². The van der Waals surface area contributed by atoms with Crippen molar-refractivity contribution in [2.45, 2.75) is 24.9 Å². The lowest BCUT2D eigenvalue weighted by molar-refractivity contribution is -0.132. The highest BCUT2D eigenvalue weighted by atomic mass is 35.5. The van der Waals surface area contributed by atoms with Crippen LogP contribution in [0.4, 0.5) is 11.4 Å². The number of anilines is 2. The minimum absolute atomic E-state index is 0.296. The van der Waals surface area contributed by atoms with Crippen molar-refractivity contribution < 1.29 is 23.9 Å². The van der Waals surface area contributed by atoms with Gasteiger partial charge in [-0.15, -0.1) is 0 Å². The Balaban J connectivity index is 1.34. The standard InChI is InChI=1S/C30H23ClN4O5/c1-15(36)40-18-11-9-17(10-12-18)35-27(37)24-23(13-16-14-32-22-8-3-2-5-19(16)22)34-30(25(24)28(35)38)20-6-4-7-21(31)26(20)33-29(30)39/h2-12,14,23-25,32,34H,13H2,1H3,(H,33,39)/t23-,24+,25+,30-/m1/s1. The molecule has 9 nitrogen and oxygen atoms in total. The summed E-state index contributed by atoms with van der Waals surface area (Å²) in [5.74, 6) is -3.29. The van der Waals surface area contributed by atoms with Gasteiger partial charge in [0.2, 0.25) is 17.7 Å². The van der Waals surface area contributed by atoms with E-state index in [1.165, 1.54) is 19.1 Å². The van der Waals surface area contributed by atoms with Crippen molar-refractivity contribution in [3.63, 3.8) is 0 Å². The molecule has 0 radical (unpaired) electrons. The highest BCUT2D eigenvalue weighted by Gasteiger charge is 2.70. The molecule has 3 aromatic carbocycles. The largest absolute Gasteiger partial charge is 0.427 e. The number of benzene rings is 3. The third kappa shape index (κ3) is 3.38. The van der Waals surface area contributed by atoms with Crippen LogP contribution in [0, 0.1) is 11.8 Å². The smallest absolute Gasteiger partial charge is 0.308 e. The van der Waals surface area contributed by atoms with Gasteiger partial charge >= 0.3 is 5.97 Å². The number of rotatable bonds is 4. The molecule has 4 heterocycles. The van der Waals surface area contributed by atoms with Crippen LogP contribution in [0.3, 0.4) is 0 Å². The number of H-pyrrole nitrogens is 1. The zero-order valence-electron chi connectivity index (χ0n) is 21.2. The first-order valence-electron chi connectivity index (χ1n) is 12.9. The molecule has 2 saturated heterocycles. The van der Waals surface area contributed by atoms with E-state index in [0.29, 0.717) is 34.1 Å². The Morgan fingerprint density at radius 3 is 2.55 bits per heavy atom. The van der Waals surface area contributed by atoms with Gasteiger partial charge in [0.25, 0.3) is 0 Å². The third-order valence-electron chi connectivity index (χ3n) is 8.17. The highest BCUT2D eigenvalue weighted by Crippen LogP contribution is 2.55. The van der Waals surface area contributed by atoms with E-state index < -0.39 is 47.1 Å². The fourth-order valence-electron chi connectivity index (χ4n) is 6.59. The van der Waals surface area contributed by atoms with Crippen molar-refractivity contribution in [1.82, 2.24) is 10.3 Å². The van der Waals surface area contributed by atoms with E-state index >= 15 is 0 Å². The Morgan fingerprint density at radius 1 is 1.00 bits per heavy atom.